The third kappa shape index (κ3) is 1.98. The van der Waals surface area contributed by atoms with Gasteiger partial charge in [0.1, 0.15) is 11.9 Å². The number of piperidine rings is 1. The quantitative estimate of drug-likeness (QED) is 0.614. The highest BCUT2D eigenvalue weighted by molar-refractivity contribution is 5.70. The van der Waals surface area contributed by atoms with Crippen molar-refractivity contribution in [3.8, 4) is 0 Å². The zero-order valence-corrected chi connectivity index (χ0v) is 9.40. The number of carbonyl (C=O) groups excluding carboxylic acids is 2. The van der Waals surface area contributed by atoms with Crippen LogP contribution in [0.2, 0.25) is 0 Å². The average Bonchev–Trinajstić information content (AvgIpc) is 2.54. The molecule has 0 aromatic carbocycles. The van der Waals surface area contributed by atoms with E-state index in [2.05, 4.69) is 0 Å². The predicted octanol–water partition coefficient (Wildman–Crippen LogP) is 1.30. The van der Waals surface area contributed by atoms with Crippen LogP contribution in [0, 0.1) is 17.8 Å². The van der Waals surface area contributed by atoms with Gasteiger partial charge < -0.3 is 14.4 Å². The van der Waals surface area contributed by atoms with Gasteiger partial charge in [0.2, 0.25) is 0 Å². The molecule has 1 amide bonds. The maximum Gasteiger partial charge on any atom is 0.410 e. The van der Waals surface area contributed by atoms with E-state index < -0.39 is 5.60 Å². The third-order valence-corrected chi connectivity index (χ3v) is 3.07. The van der Waals surface area contributed by atoms with Crippen LogP contribution >= 0.6 is 0 Å². The van der Waals surface area contributed by atoms with E-state index in [1.165, 1.54) is 0 Å². The van der Waals surface area contributed by atoms with Gasteiger partial charge in [0.15, 0.2) is 0 Å². The normalized spacial score (nSPS) is 33.5. The maximum atomic E-state index is 11.6. The largest absolute Gasteiger partial charge is 0.444 e. The molecule has 3 atom stereocenters. The summed E-state index contributed by atoms with van der Waals surface area (Å²) >= 11 is 0. The molecule has 0 N–H and O–H groups in total. The highest BCUT2D eigenvalue weighted by Crippen LogP contribution is 2.50. The molecule has 0 radical (unpaired) electrons. The molecule has 0 aromatic heterocycles. The minimum Gasteiger partial charge on any atom is -0.444 e. The van der Waals surface area contributed by atoms with Crippen LogP contribution in [0.25, 0.3) is 0 Å². The first-order valence-corrected chi connectivity index (χ1v) is 5.35. The van der Waals surface area contributed by atoms with Gasteiger partial charge >= 0.3 is 6.09 Å². The lowest BCUT2D eigenvalue weighted by atomic mass is 10.2. The van der Waals surface area contributed by atoms with Crippen molar-refractivity contribution in [2.45, 2.75) is 26.4 Å². The zero-order chi connectivity index (χ0) is 11.2. The Morgan fingerprint density at radius 2 is 1.87 bits per heavy atom. The van der Waals surface area contributed by atoms with E-state index in [-0.39, 0.29) is 12.0 Å². The second-order valence-corrected chi connectivity index (χ2v) is 5.43. The van der Waals surface area contributed by atoms with E-state index in [1.807, 2.05) is 20.8 Å². The van der Waals surface area contributed by atoms with Crippen LogP contribution in [0.3, 0.4) is 0 Å². The van der Waals surface area contributed by atoms with Crippen molar-refractivity contribution >= 4 is 12.4 Å². The second-order valence-electron chi connectivity index (χ2n) is 5.43. The number of fused-ring (bicyclic) bond motifs is 1. The van der Waals surface area contributed by atoms with Crippen LogP contribution in [-0.4, -0.2) is 36.0 Å². The number of rotatable bonds is 1. The summed E-state index contributed by atoms with van der Waals surface area (Å²) in [5.74, 6) is 0.994. The minimum atomic E-state index is -0.437. The smallest absolute Gasteiger partial charge is 0.410 e. The van der Waals surface area contributed by atoms with Crippen molar-refractivity contribution in [3.63, 3.8) is 0 Å². The Balaban J connectivity index is 1.84. The number of hydrogen-bond acceptors (Lipinski definition) is 3. The van der Waals surface area contributed by atoms with Gasteiger partial charge in [-0.3, -0.25) is 0 Å². The molecule has 0 spiro atoms. The van der Waals surface area contributed by atoms with Crippen molar-refractivity contribution in [1.29, 1.82) is 0 Å². The molecule has 0 unspecified atom stereocenters. The SMILES string of the molecule is CC(C)(C)OC(=O)N1C[C@@H]2[C@@H](C=O)[C@@H]2C1. The molecule has 1 heterocycles. The summed E-state index contributed by atoms with van der Waals surface area (Å²) in [6.45, 7) is 6.94. The first-order chi connectivity index (χ1) is 6.92. The van der Waals surface area contributed by atoms with Crippen molar-refractivity contribution < 1.29 is 14.3 Å². The summed E-state index contributed by atoms with van der Waals surface area (Å²) in [6.07, 6.45) is 0.765. The molecule has 2 rings (SSSR count). The van der Waals surface area contributed by atoms with E-state index in [4.69, 9.17) is 4.74 Å². The molecular formula is C11H17NO3. The first kappa shape index (κ1) is 10.5. The molecular weight excluding hydrogens is 194 g/mol. The fourth-order valence-electron chi connectivity index (χ4n) is 2.25. The summed E-state index contributed by atoms with van der Waals surface area (Å²) < 4.78 is 5.26. The molecule has 4 nitrogen and oxygen atoms in total. The summed E-state index contributed by atoms with van der Waals surface area (Å²) in [7, 11) is 0. The maximum absolute atomic E-state index is 11.6. The predicted molar refractivity (Wildman–Crippen MR) is 54.3 cm³/mol. The highest BCUT2D eigenvalue weighted by Gasteiger charge is 2.57. The van der Waals surface area contributed by atoms with Gasteiger partial charge in [-0.05, 0) is 32.6 Å². The van der Waals surface area contributed by atoms with Crippen LogP contribution in [0.4, 0.5) is 4.79 Å². The van der Waals surface area contributed by atoms with E-state index in [9.17, 15) is 9.59 Å². The fraction of sp³-hybridized carbons (Fsp3) is 0.818. The van der Waals surface area contributed by atoms with Crippen LogP contribution < -0.4 is 0 Å². The van der Waals surface area contributed by atoms with Gasteiger partial charge in [-0.15, -0.1) is 0 Å². The van der Waals surface area contributed by atoms with Crippen molar-refractivity contribution in [3.05, 3.63) is 0 Å². The van der Waals surface area contributed by atoms with Crippen LogP contribution in [0.15, 0.2) is 0 Å². The fourth-order valence-corrected chi connectivity index (χ4v) is 2.25. The molecule has 1 saturated heterocycles. The molecule has 1 aliphatic heterocycles. The second kappa shape index (κ2) is 3.22. The Bertz CT molecular complexity index is 283. The van der Waals surface area contributed by atoms with E-state index in [0.717, 1.165) is 6.29 Å². The van der Waals surface area contributed by atoms with Crippen LogP contribution in [0.5, 0.6) is 0 Å². The molecule has 0 aromatic rings. The Labute approximate surface area is 89.6 Å². The highest BCUT2D eigenvalue weighted by atomic mass is 16.6. The Morgan fingerprint density at radius 3 is 2.27 bits per heavy atom. The molecule has 1 aliphatic carbocycles. The average molecular weight is 211 g/mol. The lowest BCUT2D eigenvalue weighted by Crippen LogP contribution is -2.37. The summed E-state index contributed by atoms with van der Waals surface area (Å²) in [6, 6.07) is 0. The Kier molecular flexibility index (Phi) is 2.24. The third-order valence-electron chi connectivity index (χ3n) is 3.07. The minimum absolute atomic E-state index is 0.198. The van der Waals surface area contributed by atoms with E-state index in [0.29, 0.717) is 24.9 Å². The summed E-state index contributed by atoms with van der Waals surface area (Å²) in [5, 5.41) is 0. The number of ether oxygens (including phenoxy) is 1. The van der Waals surface area contributed by atoms with Gasteiger partial charge in [0.05, 0.1) is 0 Å². The first-order valence-electron chi connectivity index (χ1n) is 5.35. The van der Waals surface area contributed by atoms with Crippen molar-refractivity contribution in [1.82, 2.24) is 4.90 Å². The van der Waals surface area contributed by atoms with Crippen molar-refractivity contribution in [2.24, 2.45) is 17.8 Å². The number of nitrogens with zero attached hydrogens (tertiary/aromatic N) is 1. The van der Waals surface area contributed by atoms with Crippen LogP contribution in [0.1, 0.15) is 20.8 Å². The lowest BCUT2D eigenvalue weighted by molar-refractivity contribution is -0.109. The van der Waals surface area contributed by atoms with Crippen molar-refractivity contribution in [2.75, 3.05) is 13.1 Å². The lowest BCUT2D eigenvalue weighted by Gasteiger charge is -2.25. The Morgan fingerprint density at radius 1 is 1.33 bits per heavy atom. The number of amides is 1. The zero-order valence-electron chi connectivity index (χ0n) is 9.40. The van der Waals surface area contributed by atoms with Gasteiger partial charge in [0.25, 0.3) is 0 Å². The number of likely N-dealkylation sites (tertiary alicyclic amines) is 1. The van der Waals surface area contributed by atoms with Gasteiger partial charge in [-0.25, -0.2) is 4.79 Å². The molecule has 2 fully saturated rings. The molecule has 2 aliphatic rings. The standard InChI is InChI=1S/C11H17NO3/c1-11(2,3)15-10(14)12-4-7-8(5-12)9(7)6-13/h6-9H,4-5H2,1-3H3/t7-,8+,9+. The van der Waals surface area contributed by atoms with Gasteiger partial charge in [-0.2, -0.15) is 0 Å². The molecule has 0 bridgehead atoms. The summed E-state index contributed by atoms with van der Waals surface area (Å²) in [4.78, 5) is 23.9. The monoisotopic (exact) mass is 211 g/mol. The van der Waals surface area contributed by atoms with Gasteiger partial charge in [0, 0.05) is 19.0 Å². The number of aldehydes is 1. The van der Waals surface area contributed by atoms with E-state index in [1.54, 1.807) is 4.90 Å². The molecule has 1 saturated carbocycles. The van der Waals surface area contributed by atoms with Crippen LogP contribution in [-0.2, 0) is 9.53 Å². The summed E-state index contributed by atoms with van der Waals surface area (Å²) in [5.41, 5.74) is -0.437. The molecule has 4 heteroatoms. The number of carbonyl (C=O) groups is 2. The Hall–Kier alpha value is -1.06. The molecule has 84 valence electrons. The topological polar surface area (TPSA) is 46.6 Å². The molecule has 15 heavy (non-hydrogen) atoms. The van der Waals surface area contributed by atoms with Gasteiger partial charge in [-0.1, -0.05) is 0 Å². The number of hydrogen-bond donors (Lipinski definition) is 0. The van der Waals surface area contributed by atoms with E-state index >= 15 is 0 Å².